The van der Waals surface area contributed by atoms with Crippen LogP contribution in [0.5, 0.6) is 5.75 Å². The smallest absolute Gasteiger partial charge is 0.373 e. The van der Waals surface area contributed by atoms with Crippen LogP contribution in [0.15, 0.2) is 48.7 Å². The molecule has 148 valence electrons. The number of carbonyl (C=O) groups excluding carboxylic acids is 2. The lowest BCUT2D eigenvalue weighted by Gasteiger charge is -2.19. The van der Waals surface area contributed by atoms with Crippen LogP contribution in [0.3, 0.4) is 0 Å². The van der Waals surface area contributed by atoms with Gasteiger partial charge in [-0.1, -0.05) is 43.0 Å². The van der Waals surface area contributed by atoms with Crippen molar-refractivity contribution in [2.75, 3.05) is 7.11 Å². The number of aryl methyl sites for hydroxylation is 1. The highest BCUT2D eigenvalue weighted by molar-refractivity contribution is 5.92. The van der Waals surface area contributed by atoms with Crippen molar-refractivity contribution in [2.45, 2.75) is 19.3 Å². The Balaban J connectivity index is 2.02. The van der Waals surface area contributed by atoms with E-state index in [0.717, 1.165) is 24.0 Å². The number of hydrogen-bond donors (Lipinski definition) is 2. The third kappa shape index (κ3) is 4.14. The lowest BCUT2D eigenvalue weighted by molar-refractivity contribution is -0.138. The van der Waals surface area contributed by atoms with Crippen LogP contribution in [0.25, 0.3) is 17.7 Å². The third-order valence-electron chi connectivity index (χ3n) is 4.97. The summed E-state index contributed by atoms with van der Waals surface area (Å²) in [5.74, 6) is -1.39. The van der Waals surface area contributed by atoms with Gasteiger partial charge in [-0.2, -0.15) is 0 Å². The highest BCUT2D eigenvalue weighted by atomic mass is 16.5. The number of benzene rings is 2. The number of rotatable bonds is 6. The number of aliphatic hydroxyl groups excluding tert-OH is 1. The summed E-state index contributed by atoms with van der Waals surface area (Å²) in [5, 5.41) is 20.5. The molecule has 2 N–H and O–H groups in total. The molecule has 0 saturated carbocycles. The largest absolute Gasteiger partial charge is 0.507 e. The van der Waals surface area contributed by atoms with Gasteiger partial charge in [0.05, 0.1) is 12.7 Å². The van der Waals surface area contributed by atoms with E-state index in [9.17, 15) is 19.8 Å². The zero-order valence-electron chi connectivity index (χ0n) is 16.1. The minimum atomic E-state index is -0.832. The average molecular weight is 390 g/mol. The van der Waals surface area contributed by atoms with Crippen LogP contribution >= 0.6 is 0 Å². The number of allylic oxidation sites excluding steroid dienone is 2. The zero-order valence-corrected chi connectivity index (χ0v) is 16.1. The monoisotopic (exact) mass is 390 g/mol. The minimum Gasteiger partial charge on any atom is -0.507 e. The van der Waals surface area contributed by atoms with Gasteiger partial charge in [-0.15, -0.1) is 0 Å². The number of fused-ring (bicyclic) bond motifs is 1. The Labute approximate surface area is 169 Å². The van der Waals surface area contributed by atoms with Crippen molar-refractivity contribution in [3.8, 4) is 5.75 Å². The number of aldehydes is 1. The third-order valence-corrected chi connectivity index (χ3v) is 4.97. The fourth-order valence-corrected chi connectivity index (χ4v) is 3.52. The summed E-state index contributed by atoms with van der Waals surface area (Å²) in [6.45, 7) is 4.15. The van der Waals surface area contributed by atoms with Gasteiger partial charge in [-0.05, 0) is 52.8 Å². The van der Waals surface area contributed by atoms with E-state index in [0.29, 0.717) is 35.0 Å². The van der Waals surface area contributed by atoms with Crippen molar-refractivity contribution in [3.05, 3.63) is 82.1 Å². The van der Waals surface area contributed by atoms with Gasteiger partial charge in [0.2, 0.25) is 5.76 Å². The Bertz CT molecular complexity index is 1040. The standard InChI is InChI=1S/C24H22O5/c1-15(19-9-5-3-8-17(19)13-22(26)24(28)29-2)11-21-20-10-6-4-7-16(20)12-18(14-25)23(21)27/h3,5-6,8-10,12-14,26-27H,1,4,7,11H2,2H3/b22-13-. The zero-order chi connectivity index (χ0) is 21.0. The average Bonchev–Trinajstić information content (AvgIpc) is 2.75. The lowest BCUT2D eigenvalue weighted by atomic mass is 9.86. The van der Waals surface area contributed by atoms with E-state index in [1.807, 2.05) is 24.3 Å². The molecule has 0 spiro atoms. The molecular weight excluding hydrogens is 368 g/mol. The summed E-state index contributed by atoms with van der Waals surface area (Å²) < 4.78 is 4.53. The number of carbonyl (C=O) groups is 2. The molecule has 0 atom stereocenters. The molecule has 0 amide bonds. The maximum Gasteiger partial charge on any atom is 0.373 e. The van der Waals surface area contributed by atoms with Gasteiger partial charge >= 0.3 is 5.97 Å². The van der Waals surface area contributed by atoms with Gasteiger partial charge in [-0.3, -0.25) is 4.79 Å². The van der Waals surface area contributed by atoms with E-state index >= 15 is 0 Å². The van der Waals surface area contributed by atoms with Crippen LogP contribution in [-0.4, -0.2) is 29.6 Å². The summed E-state index contributed by atoms with van der Waals surface area (Å²) >= 11 is 0. The fraction of sp³-hybridized carbons (Fsp3) is 0.167. The van der Waals surface area contributed by atoms with Crippen LogP contribution in [0.4, 0.5) is 0 Å². The Morgan fingerprint density at radius 3 is 2.76 bits per heavy atom. The van der Waals surface area contributed by atoms with E-state index in [-0.39, 0.29) is 11.3 Å². The maximum absolute atomic E-state index is 11.5. The molecule has 2 aromatic carbocycles. The minimum absolute atomic E-state index is 0.0446. The van der Waals surface area contributed by atoms with E-state index in [1.54, 1.807) is 18.2 Å². The molecule has 0 saturated heterocycles. The SMILES string of the molecule is C=C(Cc1c(O)c(C=O)cc2c1C=CCC2)c1ccccc1/C=C(\O)C(=O)OC. The first-order chi connectivity index (χ1) is 14.0. The highest BCUT2D eigenvalue weighted by Crippen LogP contribution is 2.36. The Morgan fingerprint density at radius 1 is 1.28 bits per heavy atom. The maximum atomic E-state index is 11.5. The van der Waals surface area contributed by atoms with Crippen molar-refractivity contribution < 1.29 is 24.5 Å². The normalized spacial score (nSPS) is 12.9. The molecule has 5 nitrogen and oxygen atoms in total. The number of ether oxygens (including phenoxy) is 1. The molecule has 1 aliphatic carbocycles. The van der Waals surface area contributed by atoms with E-state index in [2.05, 4.69) is 11.3 Å². The Morgan fingerprint density at radius 2 is 2.03 bits per heavy atom. The molecule has 0 heterocycles. The molecule has 0 radical (unpaired) electrons. The molecule has 5 heteroatoms. The molecule has 1 aliphatic rings. The van der Waals surface area contributed by atoms with Crippen LogP contribution < -0.4 is 0 Å². The molecule has 0 aromatic heterocycles. The lowest BCUT2D eigenvalue weighted by Crippen LogP contribution is -2.05. The van der Waals surface area contributed by atoms with Crippen LogP contribution in [-0.2, 0) is 22.4 Å². The molecule has 0 fully saturated rings. The molecule has 29 heavy (non-hydrogen) atoms. The summed E-state index contributed by atoms with van der Waals surface area (Å²) in [6, 6.07) is 8.91. The van der Waals surface area contributed by atoms with E-state index < -0.39 is 11.7 Å². The summed E-state index contributed by atoms with van der Waals surface area (Å²) in [7, 11) is 1.19. The fourth-order valence-electron chi connectivity index (χ4n) is 3.52. The van der Waals surface area contributed by atoms with Gasteiger partial charge in [0, 0.05) is 12.0 Å². The first-order valence-electron chi connectivity index (χ1n) is 9.21. The quantitative estimate of drug-likeness (QED) is 0.329. The molecule has 0 aliphatic heterocycles. The van der Waals surface area contributed by atoms with Crippen molar-refractivity contribution in [3.63, 3.8) is 0 Å². The van der Waals surface area contributed by atoms with E-state index in [1.165, 1.54) is 13.2 Å². The summed E-state index contributed by atoms with van der Waals surface area (Å²) in [5.41, 5.74) is 4.81. The summed E-state index contributed by atoms with van der Waals surface area (Å²) in [4.78, 5) is 22.9. The second-order valence-corrected chi connectivity index (χ2v) is 6.81. The van der Waals surface area contributed by atoms with Crippen molar-refractivity contribution in [2.24, 2.45) is 0 Å². The van der Waals surface area contributed by atoms with Crippen molar-refractivity contribution in [1.29, 1.82) is 0 Å². The first kappa shape index (κ1) is 20.1. The van der Waals surface area contributed by atoms with E-state index in [4.69, 9.17) is 0 Å². The van der Waals surface area contributed by atoms with Crippen molar-refractivity contribution >= 4 is 30.0 Å². The van der Waals surface area contributed by atoms with Gasteiger partial charge in [0.15, 0.2) is 6.29 Å². The van der Waals surface area contributed by atoms with Crippen LogP contribution in [0.2, 0.25) is 0 Å². The summed E-state index contributed by atoms with van der Waals surface area (Å²) in [6.07, 6.45) is 7.98. The Kier molecular flexibility index (Phi) is 5.98. The highest BCUT2D eigenvalue weighted by Gasteiger charge is 2.19. The first-order valence-corrected chi connectivity index (χ1v) is 9.21. The molecular formula is C24H22O5. The molecule has 2 aromatic rings. The number of phenols is 1. The second kappa shape index (κ2) is 8.61. The number of aromatic hydroxyl groups is 1. The van der Waals surface area contributed by atoms with Gasteiger partial charge in [0.1, 0.15) is 5.75 Å². The predicted octanol–water partition coefficient (Wildman–Crippen LogP) is 4.49. The Hall–Kier alpha value is -3.60. The van der Waals surface area contributed by atoms with Gasteiger partial charge in [0.25, 0.3) is 0 Å². The molecule has 0 bridgehead atoms. The van der Waals surface area contributed by atoms with Crippen molar-refractivity contribution in [1.82, 2.24) is 0 Å². The number of phenolic OH excluding ortho intramolecular Hbond substituents is 1. The predicted molar refractivity (Wildman–Crippen MR) is 113 cm³/mol. The van der Waals surface area contributed by atoms with Gasteiger partial charge in [-0.25, -0.2) is 4.79 Å². The number of hydrogen-bond acceptors (Lipinski definition) is 5. The second-order valence-electron chi connectivity index (χ2n) is 6.81. The molecule has 3 rings (SSSR count). The van der Waals surface area contributed by atoms with Crippen LogP contribution in [0, 0.1) is 0 Å². The van der Waals surface area contributed by atoms with Gasteiger partial charge < -0.3 is 14.9 Å². The number of aliphatic hydroxyl groups is 1. The molecule has 0 unspecified atom stereocenters. The topological polar surface area (TPSA) is 83.8 Å². The number of methoxy groups -OCH3 is 1. The number of esters is 1. The van der Waals surface area contributed by atoms with Crippen LogP contribution in [0.1, 0.15) is 44.6 Å².